The van der Waals surface area contributed by atoms with Gasteiger partial charge in [-0.05, 0) is 19.1 Å². The van der Waals surface area contributed by atoms with Crippen molar-refractivity contribution in [2.24, 2.45) is 0 Å². The number of morpholine rings is 1. The first kappa shape index (κ1) is 16.3. The molecule has 1 aromatic heterocycles. The number of nitrogens with zero attached hydrogens (tertiary/aromatic N) is 3. The van der Waals surface area contributed by atoms with Crippen molar-refractivity contribution in [3.8, 4) is 0 Å². The summed E-state index contributed by atoms with van der Waals surface area (Å²) in [6.07, 6.45) is 0. The van der Waals surface area contributed by atoms with Crippen LogP contribution in [0.2, 0.25) is 0 Å². The van der Waals surface area contributed by atoms with E-state index in [0.717, 1.165) is 0 Å². The number of ether oxygens (including phenoxy) is 1. The highest BCUT2D eigenvalue weighted by Crippen LogP contribution is 2.13. The molecule has 24 heavy (non-hydrogen) atoms. The zero-order valence-corrected chi connectivity index (χ0v) is 13.5. The van der Waals surface area contributed by atoms with Crippen LogP contribution in [0.25, 0.3) is 0 Å². The lowest BCUT2D eigenvalue weighted by molar-refractivity contribution is 0.0945. The fraction of sp³-hybridized carbons (Fsp3) is 0.353. The maximum Gasteiger partial charge on any atom is 0.270 e. The SMILES string of the molecule is Cc1cc(C(=O)NCc2ccccc2F)nc(N2CCOCC2)n1. The molecule has 1 N–H and O–H groups in total. The molecule has 1 aromatic carbocycles. The number of aromatic nitrogens is 2. The molecule has 1 saturated heterocycles. The smallest absolute Gasteiger partial charge is 0.270 e. The zero-order chi connectivity index (χ0) is 16.9. The van der Waals surface area contributed by atoms with Crippen LogP contribution >= 0.6 is 0 Å². The predicted molar refractivity (Wildman–Crippen MR) is 87.4 cm³/mol. The Bertz CT molecular complexity index is 732. The van der Waals surface area contributed by atoms with Crippen LogP contribution in [0.3, 0.4) is 0 Å². The van der Waals surface area contributed by atoms with E-state index in [4.69, 9.17) is 4.74 Å². The number of benzene rings is 1. The second-order valence-electron chi connectivity index (χ2n) is 5.57. The highest BCUT2D eigenvalue weighted by atomic mass is 19.1. The second-order valence-corrected chi connectivity index (χ2v) is 5.57. The second kappa shape index (κ2) is 7.35. The molecule has 6 nitrogen and oxygen atoms in total. The van der Waals surface area contributed by atoms with E-state index in [9.17, 15) is 9.18 Å². The normalized spacial score (nSPS) is 14.5. The lowest BCUT2D eigenvalue weighted by Crippen LogP contribution is -2.38. The van der Waals surface area contributed by atoms with Gasteiger partial charge in [-0.25, -0.2) is 14.4 Å². The van der Waals surface area contributed by atoms with E-state index in [1.807, 2.05) is 11.8 Å². The molecule has 3 rings (SSSR count). The summed E-state index contributed by atoms with van der Waals surface area (Å²) in [6.45, 7) is 4.55. The van der Waals surface area contributed by atoms with Crippen LogP contribution in [-0.2, 0) is 11.3 Å². The van der Waals surface area contributed by atoms with Gasteiger partial charge in [0.15, 0.2) is 0 Å². The van der Waals surface area contributed by atoms with Crippen molar-refractivity contribution in [1.29, 1.82) is 0 Å². The summed E-state index contributed by atoms with van der Waals surface area (Å²) >= 11 is 0. The first-order valence-electron chi connectivity index (χ1n) is 7.83. The molecule has 0 radical (unpaired) electrons. The third-order valence-electron chi connectivity index (χ3n) is 3.77. The largest absolute Gasteiger partial charge is 0.378 e. The van der Waals surface area contributed by atoms with Crippen LogP contribution in [0.5, 0.6) is 0 Å². The molecule has 0 bridgehead atoms. The van der Waals surface area contributed by atoms with Gasteiger partial charge in [-0.1, -0.05) is 18.2 Å². The minimum absolute atomic E-state index is 0.113. The van der Waals surface area contributed by atoms with Gasteiger partial charge in [0.25, 0.3) is 5.91 Å². The number of halogens is 1. The van der Waals surface area contributed by atoms with Gasteiger partial charge in [0, 0.05) is 30.9 Å². The molecule has 0 atom stereocenters. The Morgan fingerprint density at radius 2 is 2.04 bits per heavy atom. The number of carbonyl (C=O) groups is 1. The highest BCUT2D eigenvalue weighted by Gasteiger charge is 2.17. The summed E-state index contributed by atoms with van der Waals surface area (Å²) in [6, 6.07) is 7.98. The molecule has 0 aliphatic carbocycles. The minimum Gasteiger partial charge on any atom is -0.378 e. The van der Waals surface area contributed by atoms with E-state index in [0.29, 0.717) is 43.5 Å². The van der Waals surface area contributed by atoms with Crippen molar-refractivity contribution in [3.63, 3.8) is 0 Å². The minimum atomic E-state index is -0.349. The van der Waals surface area contributed by atoms with E-state index < -0.39 is 0 Å². The molecule has 7 heteroatoms. The van der Waals surface area contributed by atoms with Crippen LogP contribution in [0, 0.1) is 12.7 Å². The number of nitrogens with one attached hydrogen (secondary N) is 1. The summed E-state index contributed by atoms with van der Waals surface area (Å²) < 4.78 is 18.9. The monoisotopic (exact) mass is 330 g/mol. The predicted octanol–water partition coefficient (Wildman–Crippen LogP) is 1.69. The van der Waals surface area contributed by atoms with Crippen molar-refractivity contribution in [3.05, 3.63) is 53.1 Å². The Morgan fingerprint density at radius 3 is 2.79 bits per heavy atom. The lowest BCUT2D eigenvalue weighted by atomic mass is 10.2. The van der Waals surface area contributed by atoms with E-state index in [1.165, 1.54) is 6.07 Å². The topological polar surface area (TPSA) is 67.4 Å². The molecule has 2 aromatic rings. The highest BCUT2D eigenvalue weighted by molar-refractivity contribution is 5.92. The average molecular weight is 330 g/mol. The van der Waals surface area contributed by atoms with Gasteiger partial charge < -0.3 is 15.0 Å². The van der Waals surface area contributed by atoms with Gasteiger partial charge in [-0.2, -0.15) is 0 Å². The number of anilines is 1. The molecule has 1 aliphatic rings. The number of hydrogen-bond donors (Lipinski definition) is 1. The maximum atomic E-state index is 13.6. The molecule has 1 amide bonds. The fourth-order valence-electron chi connectivity index (χ4n) is 2.48. The number of amides is 1. The average Bonchev–Trinajstić information content (AvgIpc) is 2.61. The molecular formula is C17H19FN4O2. The number of aryl methyl sites for hydroxylation is 1. The standard InChI is InChI=1S/C17H19FN4O2/c1-12-10-15(21-17(20-12)22-6-8-24-9-7-22)16(23)19-11-13-4-2-3-5-14(13)18/h2-5,10H,6-9,11H2,1H3,(H,19,23). The van der Waals surface area contributed by atoms with Crippen LogP contribution in [0.15, 0.2) is 30.3 Å². The molecule has 0 unspecified atom stereocenters. The van der Waals surface area contributed by atoms with Crippen LogP contribution in [0.1, 0.15) is 21.7 Å². The Hall–Kier alpha value is -2.54. The summed E-state index contributed by atoms with van der Waals surface area (Å²) in [7, 11) is 0. The van der Waals surface area contributed by atoms with Crippen molar-refractivity contribution >= 4 is 11.9 Å². The molecule has 0 saturated carbocycles. The van der Waals surface area contributed by atoms with E-state index >= 15 is 0 Å². The van der Waals surface area contributed by atoms with Crippen LogP contribution in [-0.4, -0.2) is 42.2 Å². The van der Waals surface area contributed by atoms with E-state index in [2.05, 4.69) is 15.3 Å². The first-order chi connectivity index (χ1) is 11.6. The van der Waals surface area contributed by atoms with Crippen LogP contribution < -0.4 is 10.2 Å². The Labute approximate surface area is 139 Å². The maximum absolute atomic E-state index is 13.6. The van der Waals surface area contributed by atoms with Crippen molar-refractivity contribution in [2.75, 3.05) is 31.2 Å². The van der Waals surface area contributed by atoms with Gasteiger partial charge in [0.1, 0.15) is 11.5 Å². The van der Waals surface area contributed by atoms with Gasteiger partial charge in [0.05, 0.1) is 13.2 Å². The van der Waals surface area contributed by atoms with Crippen LogP contribution in [0.4, 0.5) is 10.3 Å². The molecular weight excluding hydrogens is 311 g/mol. The zero-order valence-electron chi connectivity index (χ0n) is 13.5. The Morgan fingerprint density at radius 1 is 1.29 bits per heavy atom. The summed E-state index contributed by atoms with van der Waals surface area (Å²) in [4.78, 5) is 23.1. The van der Waals surface area contributed by atoms with E-state index in [-0.39, 0.29) is 24.0 Å². The number of rotatable bonds is 4. The first-order valence-corrected chi connectivity index (χ1v) is 7.83. The van der Waals surface area contributed by atoms with Gasteiger partial charge >= 0.3 is 0 Å². The van der Waals surface area contributed by atoms with Gasteiger partial charge in [-0.15, -0.1) is 0 Å². The molecule has 126 valence electrons. The molecule has 1 aliphatic heterocycles. The Kier molecular flexibility index (Phi) is 5.00. The number of hydrogen-bond acceptors (Lipinski definition) is 5. The lowest BCUT2D eigenvalue weighted by Gasteiger charge is -2.27. The van der Waals surface area contributed by atoms with Gasteiger partial charge in [-0.3, -0.25) is 4.79 Å². The Balaban J connectivity index is 1.72. The summed E-state index contributed by atoms with van der Waals surface area (Å²) in [5, 5.41) is 2.70. The quantitative estimate of drug-likeness (QED) is 0.924. The van der Waals surface area contributed by atoms with Crippen molar-refractivity contribution < 1.29 is 13.9 Å². The molecule has 2 heterocycles. The van der Waals surface area contributed by atoms with Crippen molar-refractivity contribution in [2.45, 2.75) is 13.5 Å². The third-order valence-corrected chi connectivity index (χ3v) is 3.77. The van der Waals surface area contributed by atoms with E-state index in [1.54, 1.807) is 24.3 Å². The molecule has 0 spiro atoms. The summed E-state index contributed by atoms with van der Waals surface area (Å²) in [5.74, 6) is -0.168. The summed E-state index contributed by atoms with van der Waals surface area (Å²) in [5.41, 5.74) is 1.42. The van der Waals surface area contributed by atoms with Crippen molar-refractivity contribution in [1.82, 2.24) is 15.3 Å². The third kappa shape index (κ3) is 3.86. The van der Waals surface area contributed by atoms with Gasteiger partial charge in [0.2, 0.25) is 5.95 Å². The fourth-order valence-corrected chi connectivity index (χ4v) is 2.48. The molecule has 1 fully saturated rings. The number of carbonyl (C=O) groups excluding carboxylic acids is 1.